The van der Waals surface area contributed by atoms with E-state index in [9.17, 15) is 18.0 Å². The van der Waals surface area contributed by atoms with Crippen molar-refractivity contribution in [2.45, 2.75) is 11.8 Å². The molecule has 1 aromatic heterocycles. The van der Waals surface area contributed by atoms with Crippen LogP contribution in [0.25, 0.3) is 0 Å². The fraction of sp³-hybridized carbons (Fsp3) is 0.278. The first-order chi connectivity index (χ1) is 12.4. The summed E-state index contributed by atoms with van der Waals surface area (Å²) >= 11 is 0. The molecule has 7 nitrogen and oxygen atoms in total. The molecule has 0 N–H and O–H groups in total. The van der Waals surface area contributed by atoms with Crippen LogP contribution in [0.15, 0.2) is 53.7 Å². The molecule has 0 radical (unpaired) electrons. The van der Waals surface area contributed by atoms with Crippen molar-refractivity contribution in [2.24, 2.45) is 0 Å². The Kier molecular flexibility index (Phi) is 5.15. The Morgan fingerprint density at radius 2 is 1.62 bits per heavy atom. The van der Waals surface area contributed by atoms with E-state index in [-0.39, 0.29) is 29.7 Å². The van der Waals surface area contributed by atoms with E-state index >= 15 is 0 Å². The largest absolute Gasteiger partial charge is 0.336 e. The maximum atomic E-state index is 12.7. The minimum Gasteiger partial charge on any atom is -0.336 e. The highest BCUT2D eigenvalue weighted by molar-refractivity contribution is 7.89. The molecule has 1 amide bonds. The van der Waals surface area contributed by atoms with Crippen LogP contribution in [0.4, 0.5) is 0 Å². The Labute approximate surface area is 152 Å². The molecule has 1 aromatic carbocycles. The number of hydrogen-bond acceptors (Lipinski definition) is 5. The normalized spacial score (nSPS) is 15.7. The Bertz CT molecular complexity index is 903. The summed E-state index contributed by atoms with van der Waals surface area (Å²) in [4.78, 5) is 29.4. The smallest absolute Gasteiger partial charge is 0.255 e. The third kappa shape index (κ3) is 3.66. The summed E-state index contributed by atoms with van der Waals surface area (Å²) in [5.41, 5.74) is 0.958. The lowest BCUT2D eigenvalue weighted by Gasteiger charge is -2.34. The molecule has 3 rings (SSSR count). The van der Waals surface area contributed by atoms with E-state index in [1.165, 1.54) is 41.7 Å². The average Bonchev–Trinajstić information content (AvgIpc) is 2.68. The van der Waals surface area contributed by atoms with Gasteiger partial charge >= 0.3 is 0 Å². The van der Waals surface area contributed by atoms with E-state index in [4.69, 9.17) is 0 Å². The van der Waals surface area contributed by atoms with E-state index in [0.29, 0.717) is 24.2 Å². The summed E-state index contributed by atoms with van der Waals surface area (Å²) in [5, 5.41) is 0. The van der Waals surface area contributed by atoms with E-state index in [1.54, 1.807) is 23.2 Å². The van der Waals surface area contributed by atoms with Gasteiger partial charge in [-0.25, -0.2) is 8.42 Å². The minimum absolute atomic E-state index is 0.114. The number of carbonyl (C=O) groups is 2. The van der Waals surface area contributed by atoms with Gasteiger partial charge in [0.1, 0.15) is 0 Å². The number of ketones is 1. The highest BCUT2D eigenvalue weighted by Crippen LogP contribution is 2.19. The average molecular weight is 373 g/mol. The second-order valence-corrected chi connectivity index (χ2v) is 7.96. The second-order valence-electron chi connectivity index (χ2n) is 6.02. The number of carbonyl (C=O) groups excluding carboxylic acids is 2. The van der Waals surface area contributed by atoms with Crippen LogP contribution >= 0.6 is 0 Å². The van der Waals surface area contributed by atoms with Gasteiger partial charge in [-0.1, -0.05) is 12.1 Å². The summed E-state index contributed by atoms with van der Waals surface area (Å²) in [6.07, 6.45) is 3.10. The predicted octanol–water partition coefficient (Wildman–Crippen LogP) is 1.43. The molecule has 1 aliphatic rings. The van der Waals surface area contributed by atoms with Gasteiger partial charge in [0.05, 0.1) is 10.5 Å². The van der Waals surface area contributed by atoms with Crippen molar-refractivity contribution in [3.05, 3.63) is 59.9 Å². The predicted molar refractivity (Wildman–Crippen MR) is 95.3 cm³/mol. The van der Waals surface area contributed by atoms with Crippen molar-refractivity contribution in [3.8, 4) is 0 Å². The zero-order chi connectivity index (χ0) is 18.7. The quantitative estimate of drug-likeness (QED) is 0.757. The number of piperazine rings is 1. The number of Topliss-reactive ketones (excluding diaryl/α,β-unsaturated/α-hetero) is 1. The van der Waals surface area contributed by atoms with E-state index in [0.717, 1.165) is 0 Å². The fourth-order valence-corrected chi connectivity index (χ4v) is 4.24. The lowest BCUT2D eigenvalue weighted by Crippen LogP contribution is -2.50. The highest BCUT2D eigenvalue weighted by Gasteiger charge is 2.30. The summed E-state index contributed by atoms with van der Waals surface area (Å²) in [7, 11) is -3.65. The molecular formula is C18H19N3O4S. The Balaban J connectivity index is 1.68. The zero-order valence-corrected chi connectivity index (χ0v) is 15.1. The number of benzene rings is 1. The number of hydrogen-bond donors (Lipinski definition) is 0. The van der Waals surface area contributed by atoms with Crippen molar-refractivity contribution >= 4 is 21.7 Å². The molecule has 0 spiro atoms. The molecular weight excluding hydrogens is 354 g/mol. The van der Waals surface area contributed by atoms with Crippen LogP contribution in [0, 0.1) is 0 Å². The van der Waals surface area contributed by atoms with E-state index in [1.807, 2.05) is 0 Å². The van der Waals surface area contributed by atoms with Crippen LogP contribution in [0.1, 0.15) is 27.6 Å². The fourth-order valence-electron chi connectivity index (χ4n) is 2.81. The molecule has 1 fully saturated rings. The zero-order valence-electron chi connectivity index (χ0n) is 14.3. The molecule has 136 valence electrons. The topological polar surface area (TPSA) is 87.7 Å². The molecule has 1 aliphatic heterocycles. The van der Waals surface area contributed by atoms with Crippen LogP contribution in [0.3, 0.4) is 0 Å². The molecule has 2 aromatic rings. The first-order valence-electron chi connectivity index (χ1n) is 8.20. The standard InChI is InChI=1S/C18H19N3O4S/c1-14(22)15-4-6-17(7-5-15)26(24,25)21-11-9-20(10-12-21)18(23)16-3-2-8-19-13-16/h2-8,13H,9-12H2,1H3. The molecule has 0 bridgehead atoms. The van der Waals surface area contributed by atoms with Gasteiger partial charge in [-0.3, -0.25) is 14.6 Å². The molecule has 0 unspecified atom stereocenters. The Morgan fingerprint density at radius 1 is 0.962 bits per heavy atom. The number of amides is 1. The van der Waals surface area contributed by atoms with Crippen molar-refractivity contribution in [1.82, 2.24) is 14.2 Å². The highest BCUT2D eigenvalue weighted by atomic mass is 32.2. The van der Waals surface area contributed by atoms with Crippen LogP contribution in [-0.4, -0.2) is 60.5 Å². The summed E-state index contributed by atoms with van der Waals surface area (Å²) in [5.74, 6) is -0.266. The maximum Gasteiger partial charge on any atom is 0.255 e. The number of rotatable bonds is 4. The maximum absolute atomic E-state index is 12.7. The molecule has 0 aliphatic carbocycles. The van der Waals surface area contributed by atoms with Gasteiger partial charge in [-0.05, 0) is 31.2 Å². The number of pyridine rings is 1. The minimum atomic E-state index is -3.65. The number of aromatic nitrogens is 1. The summed E-state index contributed by atoms with van der Waals surface area (Å²) in [6, 6.07) is 9.29. The van der Waals surface area contributed by atoms with Gasteiger partial charge < -0.3 is 4.90 Å². The molecule has 26 heavy (non-hydrogen) atoms. The second kappa shape index (κ2) is 7.35. The number of nitrogens with zero attached hydrogens (tertiary/aromatic N) is 3. The lowest BCUT2D eigenvalue weighted by molar-refractivity contribution is 0.0697. The van der Waals surface area contributed by atoms with Crippen molar-refractivity contribution in [1.29, 1.82) is 0 Å². The lowest BCUT2D eigenvalue weighted by atomic mass is 10.2. The van der Waals surface area contributed by atoms with Crippen molar-refractivity contribution in [2.75, 3.05) is 26.2 Å². The van der Waals surface area contributed by atoms with Gasteiger partial charge in [-0.2, -0.15) is 4.31 Å². The van der Waals surface area contributed by atoms with Crippen LogP contribution in [0.2, 0.25) is 0 Å². The number of sulfonamides is 1. The van der Waals surface area contributed by atoms with E-state index < -0.39 is 10.0 Å². The van der Waals surface area contributed by atoms with Crippen LogP contribution in [0.5, 0.6) is 0 Å². The first-order valence-corrected chi connectivity index (χ1v) is 9.64. The van der Waals surface area contributed by atoms with E-state index in [2.05, 4.69) is 4.98 Å². The monoisotopic (exact) mass is 373 g/mol. The SMILES string of the molecule is CC(=O)c1ccc(S(=O)(=O)N2CCN(C(=O)c3cccnc3)CC2)cc1. The van der Waals surface area contributed by atoms with Crippen molar-refractivity contribution < 1.29 is 18.0 Å². The van der Waals surface area contributed by atoms with Crippen LogP contribution in [-0.2, 0) is 10.0 Å². The molecule has 0 atom stereocenters. The van der Waals surface area contributed by atoms with Gasteiger partial charge in [0.2, 0.25) is 10.0 Å². The van der Waals surface area contributed by atoms with Crippen LogP contribution < -0.4 is 0 Å². The summed E-state index contributed by atoms with van der Waals surface area (Å²) < 4.78 is 26.8. The third-order valence-corrected chi connectivity index (χ3v) is 6.25. The third-order valence-electron chi connectivity index (χ3n) is 4.33. The van der Waals surface area contributed by atoms with Gasteiger partial charge in [0.25, 0.3) is 5.91 Å². The first kappa shape index (κ1) is 18.2. The van der Waals surface area contributed by atoms with Gasteiger partial charge in [0, 0.05) is 44.1 Å². The molecule has 1 saturated heterocycles. The van der Waals surface area contributed by atoms with Gasteiger partial charge in [0.15, 0.2) is 5.78 Å². The molecule has 0 saturated carbocycles. The Hall–Kier alpha value is -2.58. The summed E-state index contributed by atoms with van der Waals surface area (Å²) in [6.45, 7) is 2.52. The molecule has 2 heterocycles. The van der Waals surface area contributed by atoms with Crippen molar-refractivity contribution in [3.63, 3.8) is 0 Å². The van der Waals surface area contributed by atoms with Gasteiger partial charge in [-0.15, -0.1) is 0 Å². The Morgan fingerprint density at radius 3 is 2.15 bits per heavy atom. The molecule has 8 heteroatoms.